The number of hydrogen-bond acceptors (Lipinski definition) is 4. The second-order valence-corrected chi connectivity index (χ2v) is 8.46. The maximum Gasteiger partial charge on any atom is 0.220 e. The van der Waals surface area contributed by atoms with E-state index in [9.17, 15) is 13.2 Å². The van der Waals surface area contributed by atoms with Gasteiger partial charge in [0, 0.05) is 31.6 Å². The van der Waals surface area contributed by atoms with Crippen molar-refractivity contribution in [2.75, 3.05) is 11.5 Å². The normalized spacial score (nSPS) is 27.3. The highest BCUT2D eigenvalue weighted by atomic mass is 32.2. The van der Waals surface area contributed by atoms with Gasteiger partial charge in [0.05, 0.1) is 17.2 Å². The third-order valence-corrected chi connectivity index (χ3v) is 6.12. The molecule has 21 heavy (non-hydrogen) atoms. The Morgan fingerprint density at radius 3 is 3.00 bits per heavy atom. The molecule has 0 bridgehead atoms. The number of carbonyl (C=O) groups is 1. The molecule has 0 aliphatic carbocycles. The maximum absolute atomic E-state index is 12.1. The topological polar surface area (TPSA) is 81.1 Å². The highest BCUT2D eigenvalue weighted by Crippen LogP contribution is 2.22. The van der Waals surface area contributed by atoms with Crippen LogP contribution in [0.25, 0.3) is 0 Å². The number of carbonyl (C=O) groups excluding carboxylic acids is 1. The Morgan fingerprint density at radius 1 is 1.48 bits per heavy atom. The molecule has 1 saturated heterocycles. The van der Waals surface area contributed by atoms with Gasteiger partial charge in [-0.3, -0.25) is 4.79 Å². The SMILES string of the molecule is Cc1cn2c(n1)CC[C@@H](NC(=O)C[C@@H]1CCS(=O)(=O)C1)C2. The molecule has 1 fully saturated rings. The lowest BCUT2D eigenvalue weighted by Gasteiger charge is -2.25. The first-order chi connectivity index (χ1) is 9.91. The lowest BCUT2D eigenvalue weighted by Crippen LogP contribution is -2.41. The third kappa shape index (κ3) is 3.45. The fourth-order valence-corrected chi connectivity index (χ4v) is 5.15. The predicted molar refractivity (Wildman–Crippen MR) is 78.6 cm³/mol. The smallest absolute Gasteiger partial charge is 0.220 e. The van der Waals surface area contributed by atoms with Crippen LogP contribution in [0.1, 0.15) is 30.8 Å². The first-order valence-corrected chi connectivity index (χ1v) is 9.26. The van der Waals surface area contributed by atoms with Gasteiger partial charge >= 0.3 is 0 Å². The highest BCUT2D eigenvalue weighted by molar-refractivity contribution is 7.91. The van der Waals surface area contributed by atoms with Crippen molar-refractivity contribution < 1.29 is 13.2 Å². The molecular formula is C14H21N3O3S. The van der Waals surface area contributed by atoms with Crippen LogP contribution in [0.2, 0.25) is 0 Å². The van der Waals surface area contributed by atoms with Crippen LogP contribution in [0.3, 0.4) is 0 Å². The molecular weight excluding hydrogens is 290 g/mol. The molecule has 0 spiro atoms. The van der Waals surface area contributed by atoms with Gasteiger partial charge in [0.25, 0.3) is 0 Å². The molecule has 1 amide bonds. The monoisotopic (exact) mass is 311 g/mol. The molecule has 1 aromatic heterocycles. The van der Waals surface area contributed by atoms with E-state index in [0.29, 0.717) is 12.8 Å². The number of amides is 1. The Morgan fingerprint density at radius 2 is 2.29 bits per heavy atom. The molecule has 3 rings (SSSR count). The lowest BCUT2D eigenvalue weighted by atomic mass is 10.0. The molecule has 116 valence electrons. The molecule has 0 aromatic carbocycles. The second kappa shape index (κ2) is 5.44. The number of imidazole rings is 1. The van der Waals surface area contributed by atoms with E-state index in [2.05, 4.69) is 14.9 Å². The molecule has 0 radical (unpaired) electrons. The summed E-state index contributed by atoms with van der Waals surface area (Å²) in [4.78, 5) is 16.5. The Bertz CT molecular complexity index is 650. The standard InChI is InChI=1S/C14H21N3O3S/c1-10-7-17-8-12(2-3-13(17)15-10)16-14(18)6-11-4-5-21(19,20)9-11/h7,11-12H,2-6,8-9H2,1H3,(H,16,18)/t11-,12+/m0/s1. The molecule has 0 unspecified atom stereocenters. The van der Waals surface area contributed by atoms with E-state index >= 15 is 0 Å². The van der Waals surface area contributed by atoms with Gasteiger partial charge in [-0.2, -0.15) is 0 Å². The summed E-state index contributed by atoms with van der Waals surface area (Å²) in [5.74, 6) is 1.44. The summed E-state index contributed by atoms with van der Waals surface area (Å²) < 4.78 is 24.9. The highest BCUT2D eigenvalue weighted by Gasteiger charge is 2.30. The molecule has 1 N–H and O–H groups in total. The van der Waals surface area contributed by atoms with Gasteiger partial charge in [-0.25, -0.2) is 13.4 Å². The van der Waals surface area contributed by atoms with E-state index in [1.165, 1.54) is 0 Å². The van der Waals surface area contributed by atoms with Crippen molar-refractivity contribution in [2.45, 2.75) is 45.2 Å². The van der Waals surface area contributed by atoms with Crippen molar-refractivity contribution in [3.8, 4) is 0 Å². The van der Waals surface area contributed by atoms with Crippen molar-refractivity contribution in [3.63, 3.8) is 0 Å². The molecule has 6 nitrogen and oxygen atoms in total. The van der Waals surface area contributed by atoms with E-state index < -0.39 is 9.84 Å². The first kappa shape index (κ1) is 14.6. The van der Waals surface area contributed by atoms with Gasteiger partial charge in [0.15, 0.2) is 9.84 Å². The maximum atomic E-state index is 12.1. The van der Waals surface area contributed by atoms with Crippen LogP contribution in [-0.2, 0) is 27.6 Å². The summed E-state index contributed by atoms with van der Waals surface area (Å²) in [7, 11) is -2.90. The summed E-state index contributed by atoms with van der Waals surface area (Å²) in [5, 5.41) is 3.04. The Balaban J connectivity index is 1.52. The number of nitrogens with one attached hydrogen (secondary N) is 1. The first-order valence-electron chi connectivity index (χ1n) is 7.44. The zero-order valence-corrected chi connectivity index (χ0v) is 13.0. The van der Waals surface area contributed by atoms with Gasteiger partial charge < -0.3 is 9.88 Å². The lowest BCUT2D eigenvalue weighted by molar-refractivity contribution is -0.122. The number of sulfone groups is 1. The number of aryl methyl sites for hydroxylation is 2. The number of aromatic nitrogens is 2. The number of nitrogens with zero attached hydrogens (tertiary/aromatic N) is 2. The van der Waals surface area contributed by atoms with Crippen LogP contribution in [0.5, 0.6) is 0 Å². The Labute approximate surface area is 124 Å². The summed E-state index contributed by atoms with van der Waals surface area (Å²) >= 11 is 0. The van der Waals surface area contributed by atoms with Crippen LogP contribution >= 0.6 is 0 Å². The van der Waals surface area contributed by atoms with Gasteiger partial charge in [-0.05, 0) is 25.7 Å². The molecule has 0 saturated carbocycles. The number of rotatable bonds is 3. The minimum Gasteiger partial charge on any atom is -0.352 e. The molecule has 2 atom stereocenters. The molecule has 7 heteroatoms. The number of fused-ring (bicyclic) bond motifs is 1. The van der Waals surface area contributed by atoms with E-state index in [1.807, 2.05) is 13.1 Å². The van der Waals surface area contributed by atoms with Gasteiger partial charge in [0.2, 0.25) is 5.91 Å². The zero-order chi connectivity index (χ0) is 15.0. The van der Waals surface area contributed by atoms with Crippen LogP contribution in [0, 0.1) is 12.8 Å². The van der Waals surface area contributed by atoms with Crippen LogP contribution in [-0.4, -0.2) is 41.4 Å². The molecule has 2 aliphatic rings. The summed E-state index contributed by atoms with van der Waals surface area (Å²) in [5.41, 5.74) is 1.01. The van der Waals surface area contributed by atoms with Crippen molar-refractivity contribution in [2.24, 2.45) is 5.92 Å². The van der Waals surface area contributed by atoms with E-state index in [0.717, 1.165) is 30.9 Å². The molecule has 2 aliphatic heterocycles. The van der Waals surface area contributed by atoms with E-state index in [1.54, 1.807) is 0 Å². The van der Waals surface area contributed by atoms with Crippen LogP contribution in [0.15, 0.2) is 6.20 Å². The quantitative estimate of drug-likeness (QED) is 0.878. The fraction of sp³-hybridized carbons (Fsp3) is 0.714. The van der Waals surface area contributed by atoms with Crippen molar-refractivity contribution >= 4 is 15.7 Å². The summed E-state index contributed by atoms with van der Waals surface area (Å²) in [6.45, 7) is 2.73. The third-order valence-electron chi connectivity index (χ3n) is 4.28. The molecule has 3 heterocycles. The Hall–Kier alpha value is -1.37. The van der Waals surface area contributed by atoms with Crippen molar-refractivity contribution in [3.05, 3.63) is 17.7 Å². The van der Waals surface area contributed by atoms with Crippen LogP contribution < -0.4 is 5.32 Å². The van der Waals surface area contributed by atoms with Crippen molar-refractivity contribution in [1.82, 2.24) is 14.9 Å². The minimum atomic E-state index is -2.90. The summed E-state index contributed by atoms with van der Waals surface area (Å²) in [6, 6.07) is 0.122. The Kier molecular flexibility index (Phi) is 3.77. The fourth-order valence-electron chi connectivity index (χ4n) is 3.29. The number of hydrogen-bond donors (Lipinski definition) is 1. The average Bonchev–Trinajstić information content (AvgIpc) is 2.90. The van der Waals surface area contributed by atoms with Gasteiger partial charge in [0.1, 0.15) is 5.82 Å². The van der Waals surface area contributed by atoms with Gasteiger partial charge in [-0.15, -0.1) is 0 Å². The predicted octanol–water partition coefficient (Wildman–Crippen LogP) is 0.447. The average molecular weight is 311 g/mol. The van der Waals surface area contributed by atoms with Crippen LogP contribution in [0.4, 0.5) is 0 Å². The summed E-state index contributed by atoms with van der Waals surface area (Å²) in [6.07, 6.45) is 4.72. The van der Waals surface area contributed by atoms with E-state index in [4.69, 9.17) is 0 Å². The van der Waals surface area contributed by atoms with Crippen molar-refractivity contribution in [1.29, 1.82) is 0 Å². The van der Waals surface area contributed by atoms with Gasteiger partial charge in [-0.1, -0.05) is 0 Å². The molecule has 1 aromatic rings. The zero-order valence-electron chi connectivity index (χ0n) is 12.2. The minimum absolute atomic E-state index is 0.00959. The second-order valence-electron chi connectivity index (χ2n) is 6.23. The largest absolute Gasteiger partial charge is 0.352 e. The van der Waals surface area contributed by atoms with E-state index in [-0.39, 0.29) is 29.4 Å².